The van der Waals surface area contributed by atoms with E-state index in [0.29, 0.717) is 11.6 Å². The standard InChI is InChI=1S/C11H12ClIN2O3S/c12-9-2-1-8(4-10(9)13)15-5-7(3-11(15)16)6-19(14,17)18/h1-2,4,7H,3,5-6H2,(H2,14,17,18). The van der Waals surface area contributed by atoms with Crippen molar-refractivity contribution in [2.45, 2.75) is 6.42 Å². The summed E-state index contributed by atoms with van der Waals surface area (Å²) in [5.74, 6) is -0.512. The molecule has 0 aliphatic carbocycles. The number of benzene rings is 1. The van der Waals surface area contributed by atoms with E-state index in [1.165, 1.54) is 0 Å². The van der Waals surface area contributed by atoms with Gasteiger partial charge in [0.1, 0.15) is 0 Å². The topological polar surface area (TPSA) is 80.5 Å². The first kappa shape index (κ1) is 15.0. The molecule has 0 saturated carbocycles. The summed E-state index contributed by atoms with van der Waals surface area (Å²) in [5, 5.41) is 5.63. The van der Waals surface area contributed by atoms with Gasteiger partial charge in [0.2, 0.25) is 15.9 Å². The second-order valence-electron chi connectivity index (χ2n) is 4.50. The minimum absolute atomic E-state index is 0.0910. The van der Waals surface area contributed by atoms with Crippen molar-refractivity contribution in [3.63, 3.8) is 0 Å². The molecule has 1 atom stereocenters. The maximum atomic E-state index is 11.9. The lowest BCUT2D eigenvalue weighted by atomic mass is 10.1. The van der Waals surface area contributed by atoms with Crippen molar-refractivity contribution in [1.29, 1.82) is 0 Å². The van der Waals surface area contributed by atoms with E-state index in [9.17, 15) is 13.2 Å². The molecule has 0 bridgehead atoms. The zero-order valence-corrected chi connectivity index (χ0v) is 13.6. The van der Waals surface area contributed by atoms with Crippen molar-refractivity contribution < 1.29 is 13.2 Å². The third-order valence-corrected chi connectivity index (χ3v) is 5.36. The van der Waals surface area contributed by atoms with Gasteiger partial charge in [0, 0.05) is 28.1 Å². The normalized spacial score (nSPS) is 20.1. The molecule has 104 valence electrons. The van der Waals surface area contributed by atoms with E-state index < -0.39 is 10.0 Å². The summed E-state index contributed by atoms with van der Waals surface area (Å²) < 4.78 is 23.0. The highest BCUT2D eigenvalue weighted by molar-refractivity contribution is 14.1. The van der Waals surface area contributed by atoms with Gasteiger partial charge in [-0.2, -0.15) is 0 Å². The largest absolute Gasteiger partial charge is 0.312 e. The van der Waals surface area contributed by atoms with Crippen LogP contribution in [0.5, 0.6) is 0 Å². The Bertz CT molecular complexity index is 620. The maximum absolute atomic E-state index is 11.9. The van der Waals surface area contributed by atoms with Crippen LogP contribution in [-0.2, 0) is 14.8 Å². The first-order chi connectivity index (χ1) is 8.76. The molecule has 0 spiro atoms. The number of nitrogens with zero attached hydrogens (tertiary/aromatic N) is 1. The van der Waals surface area contributed by atoms with Crippen LogP contribution in [0.3, 0.4) is 0 Å². The smallest absolute Gasteiger partial charge is 0.227 e. The van der Waals surface area contributed by atoms with Gasteiger partial charge in [0.15, 0.2) is 0 Å². The summed E-state index contributed by atoms with van der Waals surface area (Å²) in [4.78, 5) is 13.5. The van der Waals surface area contributed by atoms with Gasteiger partial charge < -0.3 is 4.90 Å². The fourth-order valence-corrected chi connectivity index (χ4v) is 3.62. The Balaban J connectivity index is 2.18. The molecule has 0 radical (unpaired) electrons. The lowest BCUT2D eigenvalue weighted by molar-refractivity contribution is -0.117. The minimum atomic E-state index is -3.55. The molecule has 1 amide bonds. The molecule has 2 rings (SSSR count). The summed E-state index contributed by atoms with van der Waals surface area (Å²) in [6.45, 7) is 0.368. The molecule has 1 heterocycles. The van der Waals surface area contributed by atoms with Crippen molar-refractivity contribution in [2.24, 2.45) is 11.1 Å². The molecule has 1 aliphatic heterocycles. The van der Waals surface area contributed by atoms with E-state index in [1.807, 2.05) is 0 Å². The van der Waals surface area contributed by atoms with Crippen LogP contribution in [-0.4, -0.2) is 26.6 Å². The summed E-state index contributed by atoms with van der Waals surface area (Å²) in [6, 6.07) is 5.28. The van der Waals surface area contributed by atoms with Crippen molar-refractivity contribution in [1.82, 2.24) is 0 Å². The fourth-order valence-electron chi connectivity index (χ4n) is 2.12. The van der Waals surface area contributed by atoms with Crippen LogP contribution < -0.4 is 10.0 Å². The number of amides is 1. The number of carbonyl (C=O) groups excluding carboxylic acids is 1. The van der Waals surface area contributed by atoms with Crippen LogP contribution in [0, 0.1) is 9.49 Å². The van der Waals surface area contributed by atoms with Crippen LogP contribution in [0.2, 0.25) is 5.02 Å². The predicted octanol–water partition coefficient (Wildman–Crippen LogP) is 1.59. The summed E-state index contributed by atoms with van der Waals surface area (Å²) in [6.07, 6.45) is 0.204. The number of hydrogen-bond donors (Lipinski definition) is 1. The summed E-state index contributed by atoms with van der Waals surface area (Å²) in [7, 11) is -3.55. The number of primary sulfonamides is 1. The van der Waals surface area contributed by atoms with Crippen molar-refractivity contribution in [3.05, 3.63) is 26.8 Å². The van der Waals surface area contributed by atoms with Crippen molar-refractivity contribution >= 4 is 55.8 Å². The monoisotopic (exact) mass is 414 g/mol. The van der Waals surface area contributed by atoms with Gasteiger partial charge in [0.05, 0.1) is 10.8 Å². The number of hydrogen-bond acceptors (Lipinski definition) is 3. The highest BCUT2D eigenvalue weighted by Gasteiger charge is 2.32. The quantitative estimate of drug-likeness (QED) is 0.763. The van der Waals surface area contributed by atoms with Gasteiger partial charge in [-0.05, 0) is 40.8 Å². The van der Waals surface area contributed by atoms with Crippen molar-refractivity contribution in [3.8, 4) is 0 Å². The van der Waals surface area contributed by atoms with Crippen LogP contribution in [0.25, 0.3) is 0 Å². The predicted molar refractivity (Wildman–Crippen MR) is 82.6 cm³/mol. The Kier molecular flexibility index (Phi) is 4.38. The second-order valence-corrected chi connectivity index (χ2v) is 7.73. The maximum Gasteiger partial charge on any atom is 0.227 e. The van der Waals surface area contributed by atoms with E-state index in [0.717, 1.165) is 9.26 Å². The zero-order chi connectivity index (χ0) is 14.2. The van der Waals surface area contributed by atoms with Crippen LogP contribution >= 0.6 is 34.2 Å². The van der Waals surface area contributed by atoms with Gasteiger partial charge in [-0.1, -0.05) is 11.6 Å². The van der Waals surface area contributed by atoms with Gasteiger partial charge in [-0.25, -0.2) is 13.6 Å². The number of carbonyl (C=O) groups is 1. The molecule has 2 N–H and O–H groups in total. The van der Waals surface area contributed by atoms with Gasteiger partial charge >= 0.3 is 0 Å². The molecule has 8 heteroatoms. The van der Waals surface area contributed by atoms with E-state index >= 15 is 0 Å². The van der Waals surface area contributed by atoms with Crippen molar-refractivity contribution in [2.75, 3.05) is 17.2 Å². The lowest BCUT2D eigenvalue weighted by Gasteiger charge is -2.17. The third-order valence-electron chi connectivity index (χ3n) is 2.89. The molecular formula is C11H12ClIN2O3S. The molecule has 1 aromatic rings. The molecule has 1 aliphatic rings. The number of sulfonamides is 1. The summed E-state index contributed by atoms with van der Waals surface area (Å²) >= 11 is 8.02. The highest BCUT2D eigenvalue weighted by Crippen LogP contribution is 2.29. The molecule has 0 aromatic heterocycles. The number of anilines is 1. The number of halogens is 2. The third kappa shape index (κ3) is 3.80. The SMILES string of the molecule is NS(=O)(=O)CC1CC(=O)N(c2ccc(Cl)c(I)c2)C1. The average Bonchev–Trinajstić information content (AvgIpc) is 2.61. The van der Waals surface area contributed by atoms with E-state index in [4.69, 9.17) is 16.7 Å². The van der Waals surface area contributed by atoms with Crippen LogP contribution in [0.4, 0.5) is 5.69 Å². The Hall–Kier alpha value is -0.380. The molecule has 19 heavy (non-hydrogen) atoms. The van der Waals surface area contributed by atoms with Gasteiger partial charge in [-0.3, -0.25) is 4.79 Å². The van der Waals surface area contributed by atoms with E-state index in [2.05, 4.69) is 22.6 Å². The average molecular weight is 415 g/mol. The molecule has 1 aromatic carbocycles. The first-order valence-corrected chi connectivity index (χ1v) is 8.69. The lowest BCUT2D eigenvalue weighted by Crippen LogP contribution is -2.27. The van der Waals surface area contributed by atoms with Gasteiger partial charge in [-0.15, -0.1) is 0 Å². The minimum Gasteiger partial charge on any atom is -0.312 e. The highest BCUT2D eigenvalue weighted by atomic mass is 127. The molecular weight excluding hydrogens is 403 g/mol. The number of rotatable bonds is 3. The van der Waals surface area contributed by atoms with Crippen LogP contribution in [0.1, 0.15) is 6.42 Å². The Morgan fingerprint density at radius 3 is 2.74 bits per heavy atom. The first-order valence-electron chi connectivity index (χ1n) is 5.52. The molecule has 1 fully saturated rings. The van der Waals surface area contributed by atoms with E-state index in [1.54, 1.807) is 23.1 Å². The Morgan fingerprint density at radius 1 is 1.47 bits per heavy atom. The second kappa shape index (κ2) is 5.55. The van der Waals surface area contributed by atoms with E-state index in [-0.39, 0.29) is 24.0 Å². The molecule has 1 unspecified atom stereocenters. The molecule has 5 nitrogen and oxygen atoms in total. The number of nitrogens with two attached hydrogens (primary N) is 1. The van der Waals surface area contributed by atoms with Crippen LogP contribution in [0.15, 0.2) is 18.2 Å². The molecule has 1 saturated heterocycles. The zero-order valence-electron chi connectivity index (χ0n) is 9.84. The Labute approximate surface area is 130 Å². The van der Waals surface area contributed by atoms with Gasteiger partial charge in [0.25, 0.3) is 0 Å². The Morgan fingerprint density at radius 2 is 2.16 bits per heavy atom. The fraction of sp³-hybridized carbons (Fsp3) is 0.364. The summed E-state index contributed by atoms with van der Waals surface area (Å²) in [5.41, 5.74) is 0.732.